The number of aryl methyl sites for hydroxylation is 1. The van der Waals surface area contributed by atoms with Crippen molar-refractivity contribution in [2.75, 3.05) is 7.11 Å². The van der Waals surface area contributed by atoms with E-state index in [1.54, 1.807) is 0 Å². The summed E-state index contributed by atoms with van der Waals surface area (Å²) in [6.07, 6.45) is 3.48. The molecule has 1 fully saturated rings. The van der Waals surface area contributed by atoms with Gasteiger partial charge in [0, 0.05) is 5.57 Å². The average Bonchev–Trinajstić information content (AvgIpc) is 2.73. The highest BCUT2D eigenvalue weighted by molar-refractivity contribution is 6.62. The predicted molar refractivity (Wildman–Crippen MR) is 90.5 cm³/mol. The first-order valence-electron chi connectivity index (χ1n) is 8.01. The number of carbonyl (C=O) groups is 1. The van der Waals surface area contributed by atoms with Gasteiger partial charge in [-0.1, -0.05) is 18.2 Å². The molecule has 0 radical (unpaired) electrons. The third kappa shape index (κ3) is 2.84. The molecule has 1 saturated heterocycles. The van der Waals surface area contributed by atoms with Crippen molar-refractivity contribution >= 4 is 24.6 Å². The molecule has 0 saturated carbocycles. The highest BCUT2D eigenvalue weighted by atomic mass is 16.7. The quantitative estimate of drug-likeness (QED) is 0.621. The van der Waals surface area contributed by atoms with Gasteiger partial charge in [0.2, 0.25) is 0 Å². The maximum atomic E-state index is 11.7. The first-order chi connectivity index (χ1) is 10.7. The van der Waals surface area contributed by atoms with Gasteiger partial charge in [-0.3, -0.25) is 0 Å². The van der Waals surface area contributed by atoms with E-state index in [0.717, 1.165) is 23.9 Å². The van der Waals surface area contributed by atoms with E-state index < -0.39 is 0 Å². The molecule has 4 nitrogen and oxygen atoms in total. The minimum absolute atomic E-state index is 0.253. The van der Waals surface area contributed by atoms with E-state index in [1.165, 1.54) is 12.7 Å². The molecule has 3 rings (SSSR count). The molecular weight excluding hydrogens is 291 g/mol. The summed E-state index contributed by atoms with van der Waals surface area (Å²) in [5.74, 6) is -0.253. The summed E-state index contributed by atoms with van der Waals surface area (Å²) in [7, 11) is 1.03. The lowest BCUT2D eigenvalue weighted by Crippen LogP contribution is -2.41. The first-order valence-corrected chi connectivity index (χ1v) is 8.01. The van der Waals surface area contributed by atoms with Crippen LogP contribution in [0.15, 0.2) is 23.8 Å². The smallest absolute Gasteiger partial charge is 0.466 e. The molecule has 0 atom stereocenters. The number of benzene rings is 1. The second kappa shape index (κ2) is 5.50. The van der Waals surface area contributed by atoms with E-state index in [2.05, 4.69) is 18.2 Å². The van der Waals surface area contributed by atoms with E-state index in [9.17, 15) is 4.79 Å². The standard InChI is InChI=1S/C18H23BO4/c1-17(2)18(3,4)23-19(22-17)15-9-8-12-6-7-13(16(20)21-5)10-14(12)11-15/h8-11H,6-7H2,1-5H3. The molecule has 0 spiro atoms. The Balaban J connectivity index is 1.91. The average molecular weight is 314 g/mol. The minimum Gasteiger partial charge on any atom is -0.466 e. The van der Waals surface area contributed by atoms with Gasteiger partial charge < -0.3 is 14.0 Å². The van der Waals surface area contributed by atoms with E-state index in [4.69, 9.17) is 14.0 Å². The van der Waals surface area contributed by atoms with Crippen LogP contribution in [0.4, 0.5) is 0 Å². The van der Waals surface area contributed by atoms with Crippen molar-refractivity contribution in [1.82, 2.24) is 0 Å². The zero-order chi connectivity index (χ0) is 16.8. The number of carbonyl (C=O) groups excluding carboxylic acids is 1. The lowest BCUT2D eigenvalue weighted by molar-refractivity contribution is -0.136. The number of hydrogen-bond donors (Lipinski definition) is 0. The molecule has 23 heavy (non-hydrogen) atoms. The zero-order valence-corrected chi connectivity index (χ0v) is 14.4. The van der Waals surface area contributed by atoms with Crippen LogP contribution in [-0.2, 0) is 25.3 Å². The summed E-state index contributed by atoms with van der Waals surface area (Å²) in [5.41, 5.74) is 3.25. The number of fused-ring (bicyclic) bond motifs is 1. The molecule has 0 amide bonds. The summed E-state index contributed by atoms with van der Waals surface area (Å²) in [5, 5.41) is 0. The maximum Gasteiger partial charge on any atom is 0.494 e. The Kier molecular flexibility index (Phi) is 3.89. The van der Waals surface area contributed by atoms with Crippen molar-refractivity contribution in [2.45, 2.75) is 51.7 Å². The van der Waals surface area contributed by atoms with Crippen LogP contribution in [0.3, 0.4) is 0 Å². The van der Waals surface area contributed by atoms with Gasteiger partial charge in [0.1, 0.15) is 0 Å². The van der Waals surface area contributed by atoms with Crippen molar-refractivity contribution < 1.29 is 18.8 Å². The van der Waals surface area contributed by atoms with Crippen molar-refractivity contribution in [3.63, 3.8) is 0 Å². The summed E-state index contributed by atoms with van der Waals surface area (Å²) in [6.45, 7) is 8.17. The second-order valence-corrected chi connectivity index (χ2v) is 7.21. The zero-order valence-electron chi connectivity index (χ0n) is 14.4. The third-order valence-corrected chi connectivity index (χ3v) is 5.14. The van der Waals surface area contributed by atoms with Gasteiger partial charge in [0.25, 0.3) is 0 Å². The summed E-state index contributed by atoms with van der Waals surface area (Å²) < 4.78 is 17.0. The molecule has 0 bridgehead atoms. The number of rotatable bonds is 2. The Morgan fingerprint density at radius 3 is 2.39 bits per heavy atom. The van der Waals surface area contributed by atoms with Gasteiger partial charge in [-0.25, -0.2) is 4.79 Å². The molecule has 1 aliphatic heterocycles. The van der Waals surface area contributed by atoms with Gasteiger partial charge >= 0.3 is 13.1 Å². The lowest BCUT2D eigenvalue weighted by Gasteiger charge is -2.32. The largest absolute Gasteiger partial charge is 0.494 e. The maximum absolute atomic E-state index is 11.7. The fourth-order valence-corrected chi connectivity index (χ4v) is 2.92. The second-order valence-electron chi connectivity index (χ2n) is 7.21. The number of esters is 1. The summed E-state index contributed by atoms with van der Waals surface area (Å²) >= 11 is 0. The molecule has 0 aromatic heterocycles. The van der Waals surface area contributed by atoms with E-state index in [0.29, 0.717) is 5.57 Å². The van der Waals surface area contributed by atoms with Gasteiger partial charge in [-0.2, -0.15) is 0 Å². The highest BCUT2D eigenvalue weighted by Gasteiger charge is 2.51. The third-order valence-electron chi connectivity index (χ3n) is 5.14. The van der Waals surface area contributed by atoms with Crippen molar-refractivity contribution in [3.8, 4) is 0 Å². The Bertz CT molecular complexity index is 660. The van der Waals surface area contributed by atoms with Crippen LogP contribution >= 0.6 is 0 Å². The van der Waals surface area contributed by atoms with Gasteiger partial charge in [-0.15, -0.1) is 0 Å². The molecule has 2 aliphatic rings. The van der Waals surface area contributed by atoms with Crippen molar-refractivity contribution in [3.05, 3.63) is 34.9 Å². The number of methoxy groups -OCH3 is 1. The summed E-state index contributed by atoms with van der Waals surface area (Å²) in [4.78, 5) is 11.7. The van der Waals surface area contributed by atoms with Gasteiger partial charge in [-0.05, 0) is 63.2 Å². The van der Waals surface area contributed by atoms with Crippen LogP contribution < -0.4 is 5.46 Å². The number of hydrogen-bond acceptors (Lipinski definition) is 4. The minimum atomic E-state index is -0.387. The molecule has 5 heteroatoms. The normalized spacial score (nSPS) is 21.6. The Hall–Kier alpha value is -1.59. The van der Waals surface area contributed by atoms with Crippen LogP contribution in [0, 0.1) is 0 Å². The SMILES string of the molecule is COC(=O)C1=Cc2cc(B3OC(C)(C)C(C)(C)O3)ccc2CC1. The van der Waals surface area contributed by atoms with E-state index in [-0.39, 0.29) is 24.3 Å². The first kappa shape index (κ1) is 16.3. The monoisotopic (exact) mass is 314 g/mol. The molecule has 0 N–H and O–H groups in total. The topological polar surface area (TPSA) is 44.8 Å². The fraction of sp³-hybridized carbons (Fsp3) is 0.500. The van der Waals surface area contributed by atoms with E-state index >= 15 is 0 Å². The van der Waals surface area contributed by atoms with Crippen LogP contribution in [0.25, 0.3) is 6.08 Å². The van der Waals surface area contributed by atoms with Crippen molar-refractivity contribution in [1.29, 1.82) is 0 Å². The van der Waals surface area contributed by atoms with Gasteiger partial charge in [0.05, 0.1) is 18.3 Å². The number of ether oxygens (including phenoxy) is 1. The lowest BCUT2D eigenvalue weighted by atomic mass is 9.76. The molecular formula is C18H23BO4. The Morgan fingerprint density at radius 2 is 1.78 bits per heavy atom. The van der Waals surface area contributed by atoms with E-state index in [1.807, 2.05) is 33.8 Å². The summed E-state index contributed by atoms with van der Waals surface area (Å²) in [6, 6.07) is 6.21. The van der Waals surface area contributed by atoms with Crippen LogP contribution in [0.5, 0.6) is 0 Å². The Labute approximate surface area is 138 Å². The molecule has 1 aromatic rings. The molecule has 122 valence electrons. The highest BCUT2D eigenvalue weighted by Crippen LogP contribution is 2.36. The molecule has 1 aromatic carbocycles. The van der Waals surface area contributed by atoms with Crippen LogP contribution in [-0.4, -0.2) is 31.4 Å². The van der Waals surface area contributed by atoms with Crippen LogP contribution in [0.2, 0.25) is 0 Å². The Morgan fingerprint density at radius 1 is 1.13 bits per heavy atom. The predicted octanol–water partition coefficient (Wildman–Crippen LogP) is 2.49. The van der Waals surface area contributed by atoms with Crippen molar-refractivity contribution in [2.24, 2.45) is 0 Å². The fourth-order valence-electron chi connectivity index (χ4n) is 2.92. The molecule has 1 heterocycles. The molecule has 0 unspecified atom stereocenters. The van der Waals surface area contributed by atoms with Crippen LogP contribution in [0.1, 0.15) is 45.2 Å². The molecule has 1 aliphatic carbocycles. The van der Waals surface area contributed by atoms with Gasteiger partial charge in [0.15, 0.2) is 0 Å².